The lowest BCUT2D eigenvalue weighted by Gasteiger charge is -2.11. The highest BCUT2D eigenvalue weighted by atomic mass is 32.1. The molecule has 1 saturated heterocycles. The summed E-state index contributed by atoms with van der Waals surface area (Å²) in [7, 11) is 0. The molecule has 1 fully saturated rings. The molecule has 0 spiro atoms. The largest absolute Gasteiger partial charge is 0.491 e. The van der Waals surface area contributed by atoms with Crippen LogP contribution in [0.1, 0.15) is 6.42 Å². The van der Waals surface area contributed by atoms with E-state index in [1.165, 1.54) is 10.8 Å². The third kappa shape index (κ3) is 2.62. The minimum atomic E-state index is 0.180. The van der Waals surface area contributed by atoms with Gasteiger partial charge in [-0.15, -0.1) is 0 Å². The van der Waals surface area contributed by atoms with Crippen molar-refractivity contribution in [1.29, 1.82) is 0 Å². The highest BCUT2D eigenvalue weighted by Crippen LogP contribution is 2.22. The molecule has 0 unspecified atom stereocenters. The van der Waals surface area contributed by atoms with E-state index in [-0.39, 0.29) is 6.10 Å². The van der Waals surface area contributed by atoms with E-state index in [0.29, 0.717) is 11.9 Å². The zero-order chi connectivity index (χ0) is 12.4. The lowest BCUT2D eigenvalue weighted by atomic mass is 10.1. The summed E-state index contributed by atoms with van der Waals surface area (Å²) in [6.45, 7) is 1.34. The van der Waals surface area contributed by atoms with E-state index in [1.807, 2.05) is 18.2 Å². The summed E-state index contributed by atoms with van der Waals surface area (Å²) in [6, 6.07) is 14.4. The average molecular weight is 260 g/mol. The molecule has 0 amide bonds. The number of hydrogen-bond acceptors (Lipinski definition) is 3. The van der Waals surface area contributed by atoms with Crippen molar-refractivity contribution in [3.8, 4) is 5.75 Å². The van der Waals surface area contributed by atoms with E-state index in [1.54, 1.807) is 0 Å². The molecule has 2 aromatic carbocycles. The average Bonchev–Trinajstić information content (AvgIpc) is 2.82. The van der Waals surface area contributed by atoms with E-state index < -0.39 is 0 Å². The van der Waals surface area contributed by atoms with Crippen LogP contribution in [0.15, 0.2) is 42.5 Å². The molecule has 1 aliphatic heterocycles. The van der Waals surface area contributed by atoms with Gasteiger partial charge < -0.3 is 9.47 Å². The number of benzene rings is 2. The molecule has 0 saturated carbocycles. The molecule has 2 atom stereocenters. The van der Waals surface area contributed by atoms with Crippen LogP contribution in [0.2, 0.25) is 0 Å². The zero-order valence-electron chi connectivity index (χ0n) is 10.1. The Morgan fingerprint density at radius 1 is 1.17 bits per heavy atom. The molecule has 1 aliphatic rings. The summed E-state index contributed by atoms with van der Waals surface area (Å²) < 4.78 is 11.4. The fraction of sp³-hybridized carbons (Fsp3) is 0.333. The van der Waals surface area contributed by atoms with Gasteiger partial charge in [-0.05, 0) is 29.3 Å². The Bertz CT molecular complexity index is 541. The summed E-state index contributed by atoms with van der Waals surface area (Å²) in [5.74, 6) is 0.903. The summed E-state index contributed by atoms with van der Waals surface area (Å²) in [6.07, 6.45) is 1.15. The SMILES string of the molecule is S[C@H]1CO[C@H](COc2ccc3ccccc3c2)C1. The Labute approximate surface area is 112 Å². The van der Waals surface area contributed by atoms with Crippen LogP contribution >= 0.6 is 12.6 Å². The first-order valence-electron chi connectivity index (χ1n) is 6.22. The number of rotatable bonds is 3. The number of fused-ring (bicyclic) bond motifs is 1. The second-order valence-corrected chi connectivity index (χ2v) is 5.40. The maximum absolute atomic E-state index is 5.79. The zero-order valence-corrected chi connectivity index (χ0v) is 11.0. The van der Waals surface area contributed by atoms with Gasteiger partial charge in [-0.1, -0.05) is 30.3 Å². The second-order valence-electron chi connectivity index (χ2n) is 4.66. The van der Waals surface area contributed by atoms with Crippen LogP contribution in [0, 0.1) is 0 Å². The Hall–Kier alpha value is -1.19. The molecular formula is C15H16O2S. The highest BCUT2D eigenvalue weighted by molar-refractivity contribution is 7.81. The van der Waals surface area contributed by atoms with Crippen molar-refractivity contribution in [1.82, 2.24) is 0 Å². The van der Waals surface area contributed by atoms with Crippen LogP contribution in [0.4, 0.5) is 0 Å². The number of hydrogen-bond donors (Lipinski definition) is 1. The predicted octanol–water partition coefficient (Wildman–Crippen LogP) is 3.31. The van der Waals surface area contributed by atoms with Gasteiger partial charge in [0.1, 0.15) is 12.4 Å². The standard InChI is InChI=1S/C15H16O2S/c18-15-8-14(17-10-15)9-16-13-6-5-11-3-1-2-4-12(11)7-13/h1-7,14-15,18H,8-10H2/t14-,15+/m0/s1. The van der Waals surface area contributed by atoms with Crippen molar-refractivity contribution >= 4 is 23.4 Å². The van der Waals surface area contributed by atoms with Gasteiger partial charge in [-0.3, -0.25) is 0 Å². The van der Waals surface area contributed by atoms with Crippen molar-refractivity contribution in [3.05, 3.63) is 42.5 Å². The Morgan fingerprint density at radius 2 is 2.00 bits per heavy atom. The molecule has 0 bridgehead atoms. The second kappa shape index (κ2) is 5.21. The van der Waals surface area contributed by atoms with Crippen LogP contribution in [0.3, 0.4) is 0 Å². The molecule has 0 aromatic heterocycles. The van der Waals surface area contributed by atoms with Crippen molar-refractivity contribution < 1.29 is 9.47 Å². The lowest BCUT2D eigenvalue weighted by Crippen LogP contribution is -2.16. The van der Waals surface area contributed by atoms with Crippen molar-refractivity contribution in [3.63, 3.8) is 0 Å². The normalized spacial score (nSPS) is 23.4. The number of ether oxygens (including phenoxy) is 2. The van der Waals surface area contributed by atoms with Gasteiger partial charge in [0.15, 0.2) is 0 Å². The lowest BCUT2D eigenvalue weighted by molar-refractivity contribution is 0.0682. The van der Waals surface area contributed by atoms with Gasteiger partial charge in [0.05, 0.1) is 12.7 Å². The molecule has 2 nitrogen and oxygen atoms in total. The predicted molar refractivity (Wildman–Crippen MR) is 76.6 cm³/mol. The van der Waals surface area contributed by atoms with Crippen LogP contribution in [0.25, 0.3) is 10.8 Å². The fourth-order valence-corrected chi connectivity index (χ4v) is 2.57. The van der Waals surface area contributed by atoms with Gasteiger partial charge in [-0.2, -0.15) is 12.6 Å². The maximum Gasteiger partial charge on any atom is 0.120 e. The molecule has 94 valence electrons. The van der Waals surface area contributed by atoms with Crippen molar-refractivity contribution in [2.24, 2.45) is 0 Å². The quantitative estimate of drug-likeness (QED) is 0.854. The van der Waals surface area contributed by atoms with E-state index in [4.69, 9.17) is 9.47 Å². The van der Waals surface area contributed by atoms with Gasteiger partial charge >= 0.3 is 0 Å². The minimum absolute atomic E-state index is 0.180. The molecule has 3 rings (SSSR count). The first kappa shape index (κ1) is 11.9. The Kier molecular flexibility index (Phi) is 3.43. The maximum atomic E-state index is 5.79. The first-order valence-corrected chi connectivity index (χ1v) is 6.74. The summed E-state index contributed by atoms with van der Waals surface area (Å²) in [5, 5.41) is 2.79. The van der Waals surface area contributed by atoms with Gasteiger partial charge in [-0.25, -0.2) is 0 Å². The van der Waals surface area contributed by atoms with E-state index >= 15 is 0 Å². The minimum Gasteiger partial charge on any atom is -0.491 e. The van der Waals surface area contributed by atoms with E-state index in [2.05, 4.69) is 36.9 Å². The fourth-order valence-electron chi connectivity index (χ4n) is 2.25. The monoisotopic (exact) mass is 260 g/mol. The first-order chi connectivity index (χ1) is 8.81. The molecule has 2 aromatic rings. The molecule has 18 heavy (non-hydrogen) atoms. The smallest absolute Gasteiger partial charge is 0.120 e. The van der Waals surface area contributed by atoms with Gasteiger partial charge in [0.25, 0.3) is 0 Å². The van der Waals surface area contributed by atoms with Crippen LogP contribution in [-0.2, 0) is 4.74 Å². The molecule has 0 N–H and O–H groups in total. The molecule has 1 heterocycles. The topological polar surface area (TPSA) is 18.5 Å². The third-order valence-corrected chi connectivity index (χ3v) is 3.58. The molecular weight excluding hydrogens is 244 g/mol. The van der Waals surface area contributed by atoms with Crippen LogP contribution in [-0.4, -0.2) is 24.6 Å². The van der Waals surface area contributed by atoms with Gasteiger partial charge in [0.2, 0.25) is 0 Å². The third-order valence-electron chi connectivity index (χ3n) is 3.22. The summed E-state index contributed by atoms with van der Waals surface area (Å²) in [5.41, 5.74) is 0. The summed E-state index contributed by atoms with van der Waals surface area (Å²) >= 11 is 4.40. The van der Waals surface area contributed by atoms with Crippen LogP contribution < -0.4 is 4.74 Å². The Balaban J connectivity index is 1.67. The molecule has 0 aliphatic carbocycles. The summed E-state index contributed by atoms with van der Waals surface area (Å²) in [4.78, 5) is 0. The number of thiol groups is 1. The molecule has 0 radical (unpaired) electrons. The van der Waals surface area contributed by atoms with Crippen LogP contribution in [0.5, 0.6) is 5.75 Å². The van der Waals surface area contributed by atoms with E-state index in [0.717, 1.165) is 18.8 Å². The highest BCUT2D eigenvalue weighted by Gasteiger charge is 2.23. The van der Waals surface area contributed by atoms with Crippen molar-refractivity contribution in [2.75, 3.05) is 13.2 Å². The van der Waals surface area contributed by atoms with E-state index in [9.17, 15) is 0 Å². The Morgan fingerprint density at radius 3 is 2.78 bits per heavy atom. The van der Waals surface area contributed by atoms with Crippen molar-refractivity contribution in [2.45, 2.75) is 17.8 Å². The van der Waals surface area contributed by atoms with Gasteiger partial charge in [0, 0.05) is 5.25 Å². The molecule has 3 heteroatoms.